The van der Waals surface area contributed by atoms with Crippen LogP contribution in [0.25, 0.3) is 0 Å². The van der Waals surface area contributed by atoms with Gasteiger partial charge in [0.1, 0.15) is 0 Å². The van der Waals surface area contributed by atoms with Crippen LogP contribution in [0.2, 0.25) is 0 Å². The standard InChI is InChI=1S/C13H24N2O/c1-6-10-12(7-2)14-11(5)13(16)15(8-3)9-4/h1,11-12,14H,7-10H2,2-5H3. The van der Waals surface area contributed by atoms with Crippen LogP contribution in [0.3, 0.4) is 0 Å². The summed E-state index contributed by atoms with van der Waals surface area (Å²) < 4.78 is 0. The number of rotatable bonds is 7. The van der Waals surface area contributed by atoms with Crippen molar-refractivity contribution in [2.45, 2.75) is 52.6 Å². The van der Waals surface area contributed by atoms with Gasteiger partial charge in [-0.05, 0) is 27.2 Å². The topological polar surface area (TPSA) is 32.3 Å². The third kappa shape index (κ3) is 4.67. The Morgan fingerprint density at radius 2 is 1.94 bits per heavy atom. The Morgan fingerprint density at radius 3 is 2.31 bits per heavy atom. The van der Waals surface area contributed by atoms with Crippen molar-refractivity contribution < 1.29 is 4.79 Å². The number of likely N-dealkylation sites (N-methyl/N-ethyl adjacent to an activating group) is 1. The average molecular weight is 224 g/mol. The molecule has 1 amide bonds. The van der Waals surface area contributed by atoms with E-state index < -0.39 is 0 Å². The summed E-state index contributed by atoms with van der Waals surface area (Å²) in [5.74, 6) is 2.79. The van der Waals surface area contributed by atoms with Gasteiger partial charge in [-0.2, -0.15) is 0 Å². The van der Waals surface area contributed by atoms with Crippen molar-refractivity contribution in [3.8, 4) is 12.3 Å². The highest BCUT2D eigenvalue weighted by Crippen LogP contribution is 2.01. The molecule has 92 valence electrons. The van der Waals surface area contributed by atoms with E-state index in [4.69, 9.17) is 6.42 Å². The minimum Gasteiger partial charge on any atom is -0.342 e. The van der Waals surface area contributed by atoms with E-state index >= 15 is 0 Å². The fourth-order valence-electron chi connectivity index (χ4n) is 1.70. The first-order valence-corrected chi connectivity index (χ1v) is 6.08. The molecule has 0 saturated heterocycles. The molecule has 0 rings (SSSR count). The van der Waals surface area contributed by atoms with Crippen molar-refractivity contribution in [2.24, 2.45) is 0 Å². The van der Waals surface area contributed by atoms with Crippen molar-refractivity contribution in [1.29, 1.82) is 0 Å². The molecule has 1 N–H and O–H groups in total. The van der Waals surface area contributed by atoms with E-state index in [0.29, 0.717) is 6.42 Å². The number of amides is 1. The summed E-state index contributed by atoms with van der Waals surface area (Å²) in [7, 11) is 0. The monoisotopic (exact) mass is 224 g/mol. The first-order chi connectivity index (χ1) is 7.60. The highest BCUT2D eigenvalue weighted by atomic mass is 16.2. The van der Waals surface area contributed by atoms with Crippen LogP contribution >= 0.6 is 0 Å². The van der Waals surface area contributed by atoms with Crippen LogP contribution in [-0.4, -0.2) is 36.0 Å². The van der Waals surface area contributed by atoms with Crippen LogP contribution < -0.4 is 5.32 Å². The third-order valence-electron chi connectivity index (χ3n) is 2.79. The summed E-state index contributed by atoms with van der Waals surface area (Å²) in [5.41, 5.74) is 0. The number of carbonyl (C=O) groups is 1. The smallest absolute Gasteiger partial charge is 0.239 e. The second kappa shape index (κ2) is 8.18. The molecule has 2 atom stereocenters. The minimum absolute atomic E-state index is 0.153. The fourth-order valence-corrected chi connectivity index (χ4v) is 1.70. The Morgan fingerprint density at radius 1 is 1.38 bits per heavy atom. The number of carbonyl (C=O) groups excluding carboxylic acids is 1. The van der Waals surface area contributed by atoms with Crippen LogP contribution in [0.1, 0.15) is 40.5 Å². The zero-order chi connectivity index (χ0) is 12.6. The van der Waals surface area contributed by atoms with Gasteiger partial charge in [0.05, 0.1) is 6.04 Å². The molecule has 0 aromatic carbocycles. The van der Waals surface area contributed by atoms with Gasteiger partial charge < -0.3 is 10.2 Å². The van der Waals surface area contributed by atoms with Gasteiger partial charge in [0, 0.05) is 25.6 Å². The van der Waals surface area contributed by atoms with Gasteiger partial charge in [-0.1, -0.05) is 6.92 Å². The van der Waals surface area contributed by atoms with Gasteiger partial charge in [-0.15, -0.1) is 12.3 Å². The quantitative estimate of drug-likeness (QED) is 0.667. The first-order valence-electron chi connectivity index (χ1n) is 6.08. The van der Waals surface area contributed by atoms with Gasteiger partial charge in [-0.3, -0.25) is 4.79 Å². The Labute approximate surface area is 99.6 Å². The van der Waals surface area contributed by atoms with Crippen molar-refractivity contribution >= 4 is 5.91 Å². The molecule has 0 bridgehead atoms. The van der Waals surface area contributed by atoms with Gasteiger partial charge >= 0.3 is 0 Å². The predicted octanol–water partition coefficient (Wildman–Crippen LogP) is 1.63. The maximum atomic E-state index is 12.0. The van der Waals surface area contributed by atoms with Crippen LogP contribution in [0.15, 0.2) is 0 Å². The molecule has 0 aliphatic heterocycles. The Kier molecular flexibility index (Phi) is 7.66. The fraction of sp³-hybridized carbons (Fsp3) is 0.769. The van der Waals surface area contributed by atoms with E-state index in [1.807, 2.05) is 25.7 Å². The van der Waals surface area contributed by atoms with E-state index in [2.05, 4.69) is 18.2 Å². The molecular weight excluding hydrogens is 200 g/mol. The second-order valence-corrected chi connectivity index (χ2v) is 3.91. The summed E-state index contributed by atoms with van der Waals surface area (Å²) in [6.45, 7) is 9.48. The number of hydrogen-bond donors (Lipinski definition) is 1. The number of terminal acetylenes is 1. The third-order valence-corrected chi connectivity index (χ3v) is 2.79. The van der Waals surface area contributed by atoms with Crippen molar-refractivity contribution in [2.75, 3.05) is 13.1 Å². The van der Waals surface area contributed by atoms with Gasteiger partial charge in [0.25, 0.3) is 0 Å². The van der Waals surface area contributed by atoms with Gasteiger partial charge in [-0.25, -0.2) is 0 Å². The highest BCUT2D eigenvalue weighted by Gasteiger charge is 2.19. The maximum absolute atomic E-state index is 12.0. The van der Waals surface area contributed by atoms with Crippen LogP contribution in [0, 0.1) is 12.3 Å². The van der Waals surface area contributed by atoms with Crippen LogP contribution in [0.4, 0.5) is 0 Å². The molecule has 0 heterocycles. The molecule has 0 radical (unpaired) electrons. The summed E-state index contributed by atoms with van der Waals surface area (Å²) in [6, 6.07) is 0.0812. The molecule has 2 unspecified atom stereocenters. The summed E-state index contributed by atoms with van der Waals surface area (Å²) in [5, 5.41) is 3.28. The van der Waals surface area contributed by atoms with Crippen molar-refractivity contribution in [3.05, 3.63) is 0 Å². The van der Waals surface area contributed by atoms with Crippen LogP contribution in [-0.2, 0) is 4.79 Å². The molecule has 0 aliphatic carbocycles. The molecule has 0 aromatic rings. The molecule has 16 heavy (non-hydrogen) atoms. The van der Waals surface area contributed by atoms with Crippen LogP contribution in [0.5, 0.6) is 0 Å². The minimum atomic E-state index is -0.154. The lowest BCUT2D eigenvalue weighted by atomic mass is 10.1. The molecule has 0 aromatic heterocycles. The molecule has 3 heteroatoms. The lowest BCUT2D eigenvalue weighted by Gasteiger charge is -2.26. The summed E-state index contributed by atoms with van der Waals surface area (Å²) in [6.07, 6.45) is 6.90. The predicted molar refractivity (Wildman–Crippen MR) is 68.1 cm³/mol. The Balaban J connectivity index is 4.27. The van der Waals surface area contributed by atoms with E-state index in [-0.39, 0.29) is 18.0 Å². The number of nitrogens with zero attached hydrogens (tertiary/aromatic N) is 1. The van der Waals surface area contributed by atoms with E-state index in [0.717, 1.165) is 19.5 Å². The van der Waals surface area contributed by atoms with E-state index in [1.165, 1.54) is 0 Å². The summed E-state index contributed by atoms with van der Waals surface area (Å²) >= 11 is 0. The largest absolute Gasteiger partial charge is 0.342 e. The second-order valence-electron chi connectivity index (χ2n) is 3.91. The first kappa shape index (κ1) is 15.0. The molecular formula is C13H24N2O. The summed E-state index contributed by atoms with van der Waals surface area (Å²) in [4.78, 5) is 13.8. The Hall–Kier alpha value is -1.01. The van der Waals surface area contributed by atoms with Gasteiger partial charge in [0.15, 0.2) is 0 Å². The molecule has 0 fully saturated rings. The normalized spacial score (nSPS) is 13.9. The van der Waals surface area contributed by atoms with Gasteiger partial charge in [0.2, 0.25) is 5.91 Å². The molecule has 0 saturated carbocycles. The lowest BCUT2D eigenvalue weighted by molar-refractivity contribution is -0.132. The highest BCUT2D eigenvalue weighted by molar-refractivity contribution is 5.81. The number of hydrogen-bond acceptors (Lipinski definition) is 2. The lowest BCUT2D eigenvalue weighted by Crippen LogP contribution is -2.48. The molecule has 3 nitrogen and oxygen atoms in total. The van der Waals surface area contributed by atoms with E-state index in [9.17, 15) is 4.79 Å². The van der Waals surface area contributed by atoms with E-state index in [1.54, 1.807) is 0 Å². The van der Waals surface area contributed by atoms with Crippen molar-refractivity contribution in [1.82, 2.24) is 10.2 Å². The Bertz CT molecular complexity index is 241. The zero-order valence-corrected chi connectivity index (χ0v) is 10.9. The number of nitrogens with one attached hydrogen (secondary N) is 1. The zero-order valence-electron chi connectivity index (χ0n) is 10.9. The van der Waals surface area contributed by atoms with Crippen molar-refractivity contribution in [3.63, 3.8) is 0 Å². The maximum Gasteiger partial charge on any atom is 0.239 e. The molecule has 0 spiro atoms. The SMILES string of the molecule is C#CCC(CC)NC(C)C(=O)N(CC)CC. The average Bonchev–Trinajstić information content (AvgIpc) is 2.29. The molecule has 0 aliphatic rings.